The Labute approximate surface area is 474 Å². The van der Waals surface area contributed by atoms with Crippen molar-refractivity contribution in [3.63, 3.8) is 0 Å². The first kappa shape index (κ1) is 81.1. The molecule has 0 bridgehead atoms. The van der Waals surface area contributed by atoms with Crippen LogP contribution < -0.4 is 29.6 Å². The second-order valence-corrected chi connectivity index (χ2v) is 22.2. The summed E-state index contributed by atoms with van der Waals surface area (Å²) in [6, 6.07) is 0. The molecule has 0 rings (SSSR count). The Bertz CT molecular complexity index is 1000. The van der Waals surface area contributed by atoms with Crippen molar-refractivity contribution in [1.82, 2.24) is 0 Å². The number of carboxylic acids is 1. The third kappa shape index (κ3) is 96.0. The van der Waals surface area contributed by atoms with Crippen LogP contribution >= 0.6 is 0 Å². The molecule has 0 fully saturated rings. The molecule has 0 radical (unpaired) electrons. The van der Waals surface area contributed by atoms with Gasteiger partial charge in [0.2, 0.25) is 10.4 Å². The molecule has 1 atom stereocenters. The van der Waals surface area contributed by atoms with E-state index in [0.29, 0.717) is 18.9 Å². The Kier molecular flexibility index (Phi) is 85.0. The first-order chi connectivity index (χ1) is 34.5. The van der Waals surface area contributed by atoms with Gasteiger partial charge in [-0.15, -0.1) is 0 Å². The number of aliphatic hydroxyl groups is 1. The van der Waals surface area contributed by atoms with Crippen LogP contribution in [0.25, 0.3) is 0 Å². The van der Waals surface area contributed by atoms with Crippen LogP contribution in [0.3, 0.4) is 0 Å². The molecule has 0 aromatic carbocycles. The van der Waals surface area contributed by atoms with Gasteiger partial charge in [-0.2, -0.15) is 0 Å². The molecule has 0 aliphatic heterocycles. The van der Waals surface area contributed by atoms with Crippen LogP contribution in [0.5, 0.6) is 0 Å². The van der Waals surface area contributed by atoms with Crippen LogP contribution in [0.1, 0.15) is 369 Å². The maximum absolute atomic E-state index is 10.3. The Morgan fingerprint density at radius 2 is 0.556 bits per heavy atom. The molecule has 1 unspecified atom stereocenters. The van der Waals surface area contributed by atoms with Gasteiger partial charge in [0.1, 0.15) is 0 Å². The second kappa shape index (κ2) is 75.5. The first-order valence-corrected chi connectivity index (χ1v) is 33.0. The number of carboxylic acid groups (broad SMARTS) is 1. The zero-order valence-corrected chi connectivity index (χ0v) is 52.6. The van der Waals surface area contributed by atoms with Gasteiger partial charge in [-0.3, -0.25) is 9.35 Å². The molecular formula is C62H129NaO8S. The number of aliphatic carboxylic acids is 1. The summed E-state index contributed by atoms with van der Waals surface area (Å²) in [4.78, 5) is 10.3. The number of ether oxygens (including phenoxy) is 1. The minimum atomic E-state index is -4.92. The minimum absolute atomic E-state index is 0. The molecule has 0 aromatic rings. The number of rotatable bonds is 55. The largest absolute Gasteiger partial charge is 1.00 e. The predicted molar refractivity (Wildman–Crippen MR) is 310 cm³/mol. The van der Waals surface area contributed by atoms with Gasteiger partial charge < -0.3 is 19.5 Å². The van der Waals surface area contributed by atoms with Crippen LogP contribution in [0.4, 0.5) is 0 Å². The first-order valence-electron chi connectivity index (χ1n) is 31.6. The van der Waals surface area contributed by atoms with E-state index in [-0.39, 0.29) is 29.6 Å². The number of unbranched alkanes of at least 4 members (excludes halogenated alkanes) is 44. The smallest absolute Gasteiger partial charge is 0.726 e. The van der Waals surface area contributed by atoms with Gasteiger partial charge in [0.15, 0.2) is 0 Å². The van der Waals surface area contributed by atoms with Gasteiger partial charge in [0, 0.05) is 26.2 Å². The summed E-state index contributed by atoms with van der Waals surface area (Å²) < 4.78 is 38.6. The van der Waals surface area contributed by atoms with Crippen molar-refractivity contribution in [2.24, 2.45) is 5.92 Å². The Balaban J connectivity index is -0.000000297. The fourth-order valence-corrected chi connectivity index (χ4v) is 9.24. The number of hydrogen-bond acceptors (Lipinski definition) is 6. The molecule has 0 saturated carbocycles. The van der Waals surface area contributed by atoms with Gasteiger partial charge in [-0.1, -0.05) is 330 Å². The zero-order chi connectivity index (χ0) is 53.3. The molecule has 0 heterocycles. The summed E-state index contributed by atoms with van der Waals surface area (Å²) in [5.41, 5.74) is 0. The van der Waals surface area contributed by atoms with Gasteiger partial charge in [-0.05, 0) is 38.0 Å². The van der Waals surface area contributed by atoms with E-state index >= 15 is 0 Å². The summed E-state index contributed by atoms with van der Waals surface area (Å²) in [6.45, 7) is 13.8. The van der Waals surface area contributed by atoms with Gasteiger partial charge >= 0.3 is 35.5 Å². The molecule has 10 heteroatoms. The fraction of sp³-hybridized carbons (Fsp3) is 0.984. The van der Waals surface area contributed by atoms with E-state index in [9.17, 15) is 9.90 Å². The molecule has 0 spiro atoms. The zero-order valence-electron chi connectivity index (χ0n) is 49.8. The normalized spacial score (nSPS) is 11.4. The third-order valence-electron chi connectivity index (χ3n) is 14.0. The summed E-state index contributed by atoms with van der Waals surface area (Å²) in [5.74, 6) is -0.0732. The van der Waals surface area contributed by atoms with Gasteiger partial charge in [0.05, 0.1) is 0 Å². The minimum Gasteiger partial charge on any atom is -0.726 e. The molecular weight excluding hydrogens is 928 g/mol. The summed E-state index contributed by atoms with van der Waals surface area (Å²) >= 11 is 0. The predicted octanol–water partition coefficient (Wildman–Crippen LogP) is 18.1. The Hall–Kier alpha value is 0.260. The molecule has 0 aliphatic rings. The van der Waals surface area contributed by atoms with Crippen LogP contribution in [0.2, 0.25) is 0 Å². The van der Waals surface area contributed by atoms with Crippen LogP contribution in [-0.4, -0.2) is 53.5 Å². The summed E-state index contributed by atoms with van der Waals surface area (Å²) in [5, 5.41) is 18.0. The summed E-state index contributed by atoms with van der Waals surface area (Å²) in [6.07, 6.45) is 70.2. The fourth-order valence-electron chi connectivity index (χ4n) is 9.24. The van der Waals surface area contributed by atoms with Crippen molar-refractivity contribution in [3.8, 4) is 0 Å². The van der Waals surface area contributed by atoms with Gasteiger partial charge in [0.25, 0.3) is 0 Å². The number of hydrogen-bond donors (Lipinski definition) is 3. The molecule has 0 saturated heterocycles. The average Bonchev–Trinajstić information content (AvgIpc) is 3.34. The third-order valence-corrected chi connectivity index (χ3v) is 14.0. The van der Waals surface area contributed by atoms with Crippen molar-refractivity contribution < 1.29 is 66.8 Å². The SMILES string of the molecule is CCCCCCCCCCC(CO)CCCCCCCC.CCCCCCCCCCCCCCCCCC(=O)O.CCCCCCCCCCCCOCCCCCCCCCCCC.O=S(=O)([O-])O.[Na+]. The van der Waals surface area contributed by atoms with Crippen molar-refractivity contribution in [1.29, 1.82) is 0 Å². The van der Waals surface area contributed by atoms with E-state index in [1.165, 1.54) is 315 Å². The van der Waals surface area contributed by atoms with E-state index in [1.807, 2.05) is 0 Å². The number of aliphatic hydroxyl groups excluding tert-OH is 1. The van der Waals surface area contributed by atoms with E-state index in [0.717, 1.165) is 26.1 Å². The van der Waals surface area contributed by atoms with Crippen molar-refractivity contribution in [3.05, 3.63) is 0 Å². The monoisotopic (exact) mass is 1060 g/mol. The maximum atomic E-state index is 10.3. The molecule has 3 N–H and O–H groups in total. The van der Waals surface area contributed by atoms with Crippen LogP contribution in [-0.2, 0) is 19.9 Å². The number of carbonyl (C=O) groups is 1. The maximum Gasteiger partial charge on any atom is 1.00 e. The van der Waals surface area contributed by atoms with Crippen LogP contribution in [0.15, 0.2) is 0 Å². The topological polar surface area (TPSA) is 144 Å². The van der Waals surface area contributed by atoms with Gasteiger partial charge in [-0.25, -0.2) is 8.42 Å². The quantitative estimate of drug-likeness (QED) is 0.0236. The Morgan fingerprint density at radius 1 is 0.375 bits per heavy atom. The van der Waals surface area contributed by atoms with Crippen molar-refractivity contribution >= 4 is 16.4 Å². The van der Waals surface area contributed by atoms with Crippen molar-refractivity contribution in [2.45, 2.75) is 369 Å². The van der Waals surface area contributed by atoms with E-state index in [4.69, 9.17) is 27.4 Å². The molecule has 0 aromatic heterocycles. The standard InChI is InChI=1S/C24H50O.C20H42O.C18H36O2.Na.H2O4S/c1-3-5-7-9-11-13-15-17-19-21-23-25-24-22-20-18-16-14-12-10-8-6-4-2;1-3-5-7-9-11-12-14-16-18-20(19-21)17-15-13-10-8-6-4-2;1-2-3-4-5-6-7-8-9-10-11-12-13-14-15-16-17-18(19)20;;1-5(2,3)4/h3-24H2,1-2H3;20-21H,3-19H2,1-2H3;2-17H2,1H3,(H,19,20);;(H2,1,2,3,4)/q;;;+1;/p-1. The van der Waals surface area contributed by atoms with E-state index < -0.39 is 16.4 Å². The van der Waals surface area contributed by atoms with E-state index in [1.54, 1.807) is 0 Å². The summed E-state index contributed by atoms with van der Waals surface area (Å²) in [7, 11) is -4.92. The Morgan fingerprint density at radius 3 is 0.750 bits per heavy atom. The van der Waals surface area contributed by atoms with Crippen molar-refractivity contribution in [2.75, 3.05) is 19.8 Å². The molecule has 8 nitrogen and oxygen atoms in total. The molecule has 72 heavy (non-hydrogen) atoms. The molecule has 0 aliphatic carbocycles. The van der Waals surface area contributed by atoms with Crippen LogP contribution in [0, 0.1) is 5.92 Å². The molecule has 0 amide bonds. The average molecular weight is 1060 g/mol. The molecule has 432 valence electrons. The second-order valence-electron chi connectivity index (χ2n) is 21.4. The van der Waals surface area contributed by atoms with E-state index in [2.05, 4.69) is 34.6 Å².